The van der Waals surface area contributed by atoms with Gasteiger partial charge >= 0.3 is 0 Å². The highest BCUT2D eigenvalue weighted by Gasteiger charge is 2.18. The minimum atomic E-state index is -0.278. The third kappa shape index (κ3) is 3.75. The van der Waals surface area contributed by atoms with Crippen LogP contribution >= 0.6 is 11.6 Å². The van der Waals surface area contributed by atoms with Crippen molar-refractivity contribution < 1.29 is 9.21 Å². The van der Waals surface area contributed by atoms with Crippen LogP contribution in [0.5, 0.6) is 0 Å². The van der Waals surface area contributed by atoms with Gasteiger partial charge in [-0.25, -0.2) is 4.68 Å². The topological polar surface area (TPSA) is 73.0 Å². The molecule has 4 aromatic rings. The monoisotopic (exact) mass is 378 g/mol. The normalized spacial score (nSPS) is 10.7. The van der Waals surface area contributed by atoms with E-state index in [-0.39, 0.29) is 5.91 Å². The Morgan fingerprint density at radius 1 is 1.15 bits per heavy atom. The number of furan rings is 1. The van der Waals surface area contributed by atoms with Crippen LogP contribution in [0.2, 0.25) is 5.02 Å². The Morgan fingerprint density at radius 3 is 2.70 bits per heavy atom. The van der Waals surface area contributed by atoms with Crippen LogP contribution in [-0.2, 0) is 6.54 Å². The average molecular weight is 379 g/mol. The Hall–Kier alpha value is -3.38. The highest BCUT2D eigenvalue weighted by atomic mass is 35.5. The van der Waals surface area contributed by atoms with E-state index in [0.717, 1.165) is 11.3 Å². The van der Waals surface area contributed by atoms with Crippen LogP contribution in [0.4, 0.5) is 0 Å². The maximum atomic E-state index is 12.6. The Balaban J connectivity index is 1.64. The number of nitrogens with zero attached hydrogens (tertiary/aromatic N) is 3. The summed E-state index contributed by atoms with van der Waals surface area (Å²) in [6.45, 7) is 0.372. The summed E-state index contributed by atoms with van der Waals surface area (Å²) in [6.07, 6.45) is 4.98. The first-order valence-electron chi connectivity index (χ1n) is 8.28. The van der Waals surface area contributed by atoms with Gasteiger partial charge in [0, 0.05) is 30.0 Å². The third-order valence-corrected chi connectivity index (χ3v) is 4.21. The molecule has 0 aliphatic heterocycles. The van der Waals surface area contributed by atoms with Crippen molar-refractivity contribution in [2.75, 3.05) is 0 Å². The Morgan fingerprint density at radius 2 is 2.00 bits per heavy atom. The van der Waals surface area contributed by atoms with Crippen LogP contribution in [0.1, 0.15) is 16.1 Å². The molecule has 0 radical (unpaired) electrons. The Labute approximate surface area is 160 Å². The number of nitrogens with one attached hydrogen (secondary N) is 1. The summed E-state index contributed by atoms with van der Waals surface area (Å²) in [6, 6.07) is 16.2. The second kappa shape index (κ2) is 7.47. The van der Waals surface area contributed by atoms with Crippen LogP contribution < -0.4 is 5.32 Å². The van der Waals surface area contributed by atoms with Crippen molar-refractivity contribution in [3.8, 4) is 17.1 Å². The molecule has 6 nitrogen and oxygen atoms in total. The number of hydrogen-bond donors (Lipinski definition) is 1. The molecule has 0 saturated carbocycles. The lowest BCUT2D eigenvalue weighted by molar-refractivity contribution is 0.0945. The van der Waals surface area contributed by atoms with Gasteiger partial charge in [-0.15, -0.1) is 0 Å². The number of aromatic nitrogens is 3. The molecule has 134 valence electrons. The van der Waals surface area contributed by atoms with Crippen molar-refractivity contribution in [2.24, 2.45) is 0 Å². The van der Waals surface area contributed by atoms with Crippen molar-refractivity contribution in [3.05, 3.63) is 89.5 Å². The fourth-order valence-electron chi connectivity index (χ4n) is 2.65. The van der Waals surface area contributed by atoms with Crippen molar-refractivity contribution in [1.29, 1.82) is 0 Å². The summed E-state index contributed by atoms with van der Waals surface area (Å²) < 4.78 is 7.16. The van der Waals surface area contributed by atoms with E-state index in [9.17, 15) is 4.79 Å². The van der Waals surface area contributed by atoms with Gasteiger partial charge in [-0.2, -0.15) is 5.10 Å². The first kappa shape index (κ1) is 17.1. The lowest BCUT2D eigenvalue weighted by Gasteiger charge is -2.05. The lowest BCUT2D eigenvalue weighted by Crippen LogP contribution is -2.23. The summed E-state index contributed by atoms with van der Waals surface area (Å²) in [5.41, 5.74) is 2.65. The van der Waals surface area contributed by atoms with Crippen LogP contribution in [0.3, 0.4) is 0 Å². The van der Waals surface area contributed by atoms with Gasteiger partial charge in [0.2, 0.25) is 0 Å². The molecule has 3 heterocycles. The fraction of sp³-hybridized carbons (Fsp3) is 0.0500. The number of halogens is 1. The third-order valence-electron chi connectivity index (χ3n) is 3.96. The van der Waals surface area contributed by atoms with E-state index in [1.165, 1.54) is 0 Å². The molecule has 3 aromatic heterocycles. The van der Waals surface area contributed by atoms with E-state index >= 15 is 0 Å². The number of carbonyl (C=O) groups is 1. The molecule has 0 aliphatic carbocycles. The molecule has 1 aromatic carbocycles. The molecule has 1 amide bonds. The molecule has 0 fully saturated rings. The minimum absolute atomic E-state index is 0.278. The standard InChI is InChI=1S/C20H15ClN4O2/c21-15-5-7-16(8-6-15)25-18(19-4-2-10-27-19)11-17(24-25)20(26)23-13-14-3-1-9-22-12-14/h1-12H,13H2,(H,23,26). The van der Waals surface area contributed by atoms with E-state index in [2.05, 4.69) is 15.4 Å². The number of rotatable bonds is 5. The SMILES string of the molecule is O=C(NCc1cccnc1)c1cc(-c2ccco2)n(-c2ccc(Cl)cc2)n1. The molecule has 1 N–H and O–H groups in total. The molecule has 0 unspecified atom stereocenters. The zero-order valence-corrected chi connectivity index (χ0v) is 14.9. The van der Waals surface area contributed by atoms with Crippen molar-refractivity contribution in [2.45, 2.75) is 6.54 Å². The van der Waals surface area contributed by atoms with Crippen molar-refractivity contribution in [1.82, 2.24) is 20.1 Å². The highest BCUT2D eigenvalue weighted by Crippen LogP contribution is 2.25. The molecule has 0 bridgehead atoms. The maximum Gasteiger partial charge on any atom is 0.272 e. The molecule has 7 heteroatoms. The fourth-order valence-corrected chi connectivity index (χ4v) is 2.77. The predicted molar refractivity (Wildman–Crippen MR) is 102 cm³/mol. The molecule has 0 saturated heterocycles. The number of pyridine rings is 1. The molecule has 0 aliphatic rings. The summed E-state index contributed by atoms with van der Waals surface area (Å²) in [5.74, 6) is 0.336. The van der Waals surface area contributed by atoms with Gasteiger partial charge in [-0.3, -0.25) is 9.78 Å². The average Bonchev–Trinajstić information content (AvgIpc) is 3.37. The van der Waals surface area contributed by atoms with Gasteiger partial charge < -0.3 is 9.73 Å². The number of hydrogen-bond acceptors (Lipinski definition) is 4. The quantitative estimate of drug-likeness (QED) is 0.567. The Kier molecular flexibility index (Phi) is 4.72. The molecular formula is C20H15ClN4O2. The largest absolute Gasteiger partial charge is 0.463 e. The van der Waals surface area contributed by atoms with Gasteiger partial charge in [0.25, 0.3) is 5.91 Å². The second-order valence-corrected chi connectivity index (χ2v) is 6.26. The molecular weight excluding hydrogens is 364 g/mol. The second-order valence-electron chi connectivity index (χ2n) is 5.82. The summed E-state index contributed by atoms with van der Waals surface area (Å²) in [5, 5.41) is 7.94. The summed E-state index contributed by atoms with van der Waals surface area (Å²) >= 11 is 5.98. The summed E-state index contributed by atoms with van der Waals surface area (Å²) in [7, 11) is 0. The Bertz CT molecular complexity index is 1040. The molecule has 0 atom stereocenters. The van der Waals surface area contributed by atoms with Gasteiger partial charge in [0.1, 0.15) is 5.69 Å². The maximum absolute atomic E-state index is 12.6. The number of amides is 1. The van der Waals surface area contributed by atoms with Crippen LogP contribution in [-0.4, -0.2) is 20.7 Å². The van der Waals surface area contributed by atoms with Crippen molar-refractivity contribution in [3.63, 3.8) is 0 Å². The number of carbonyl (C=O) groups excluding carboxylic acids is 1. The molecule has 27 heavy (non-hydrogen) atoms. The zero-order valence-electron chi connectivity index (χ0n) is 14.2. The summed E-state index contributed by atoms with van der Waals surface area (Å²) in [4.78, 5) is 16.6. The van der Waals surface area contributed by atoms with Crippen molar-refractivity contribution >= 4 is 17.5 Å². The molecule has 0 spiro atoms. The van der Waals surface area contributed by atoms with E-state index in [4.69, 9.17) is 16.0 Å². The lowest BCUT2D eigenvalue weighted by atomic mass is 10.2. The minimum Gasteiger partial charge on any atom is -0.463 e. The highest BCUT2D eigenvalue weighted by molar-refractivity contribution is 6.30. The van der Waals surface area contributed by atoms with Gasteiger partial charge in [-0.05, 0) is 48.0 Å². The first-order valence-corrected chi connectivity index (χ1v) is 8.65. The van der Waals surface area contributed by atoms with Gasteiger partial charge in [-0.1, -0.05) is 17.7 Å². The smallest absolute Gasteiger partial charge is 0.272 e. The predicted octanol–water partition coefficient (Wildman–Crippen LogP) is 4.11. The zero-order chi connectivity index (χ0) is 18.6. The van der Waals surface area contributed by atoms with Crippen LogP contribution in [0.15, 0.2) is 77.7 Å². The van der Waals surface area contributed by atoms with E-state index in [0.29, 0.717) is 28.7 Å². The van der Waals surface area contributed by atoms with Crippen LogP contribution in [0.25, 0.3) is 17.1 Å². The first-order chi connectivity index (χ1) is 13.2. The van der Waals surface area contributed by atoms with Crippen LogP contribution in [0, 0.1) is 0 Å². The van der Waals surface area contributed by atoms with Gasteiger partial charge in [0.15, 0.2) is 11.5 Å². The van der Waals surface area contributed by atoms with E-state index in [1.807, 2.05) is 30.3 Å². The number of benzene rings is 1. The van der Waals surface area contributed by atoms with Gasteiger partial charge in [0.05, 0.1) is 12.0 Å². The molecule has 4 rings (SSSR count). The van der Waals surface area contributed by atoms with E-state index < -0.39 is 0 Å². The van der Waals surface area contributed by atoms with E-state index in [1.54, 1.807) is 47.6 Å².